The van der Waals surface area contributed by atoms with E-state index < -0.39 is 0 Å². The standard InChI is InChI=1S/C15H21NO4.ClH/c1-5-19-12-8-10(6-7-11(12)18-4)13-15(2,3)9-20-14(17)16-13;/h6-8,13H,5,9H2,1-4H3,(H,16,17);1H/t13-;/m0./s1. The normalized spacial score (nSPS) is 19.8. The zero-order valence-electron chi connectivity index (χ0n) is 12.8. The number of hydrogen-bond donors (Lipinski definition) is 1. The Morgan fingerprint density at radius 2 is 2.10 bits per heavy atom. The van der Waals surface area contributed by atoms with Gasteiger partial charge in [0, 0.05) is 5.41 Å². The van der Waals surface area contributed by atoms with E-state index in [0.29, 0.717) is 24.7 Å². The molecule has 0 radical (unpaired) electrons. The number of carbonyl (C=O) groups is 1. The van der Waals surface area contributed by atoms with Gasteiger partial charge in [-0.2, -0.15) is 0 Å². The summed E-state index contributed by atoms with van der Waals surface area (Å²) in [6.45, 7) is 6.98. The Morgan fingerprint density at radius 3 is 2.71 bits per heavy atom. The molecule has 1 aliphatic rings. The maximum Gasteiger partial charge on any atom is 0.407 e. The molecule has 5 nitrogen and oxygen atoms in total. The van der Waals surface area contributed by atoms with Crippen molar-refractivity contribution in [3.63, 3.8) is 0 Å². The molecule has 0 unspecified atom stereocenters. The van der Waals surface area contributed by atoms with Gasteiger partial charge >= 0.3 is 6.09 Å². The number of halogens is 1. The van der Waals surface area contributed by atoms with Crippen LogP contribution >= 0.6 is 12.4 Å². The number of rotatable bonds is 4. The van der Waals surface area contributed by atoms with E-state index >= 15 is 0 Å². The Labute approximate surface area is 131 Å². The van der Waals surface area contributed by atoms with Gasteiger partial charge in [0.2, 0.25) is 0 Å². The molecule has 1 N–H and O–H groups in total. The molecular formula is C15H22ClNO4. The van der Waals surface area contributed by atoms with E-state index in [1.54, 1.807) is 7.11 Å². The van der Waals surface area contributed by atoms with Gasteiger partial charge in [0.1, 0.15) is 6.61 Å². The van der Waals surface area contributed by atoms with Crippen molar-refractivity contribution < 1.29 is 19.0 Å². The number of nitrogens with one attached hydrogen (secondary N) is 1. The van der Waals surface area contributed by atoms with Crippen molar-refractivity contribution in [2.24, 2.45) is 5.41 Å². The lowest BCUT2D eigenvalue weighted by Crippen LogP contribution is -2.46. The third-order valence-corrected chi connectivity index (χ3v) is 3.44. The molecule has 1 fully saturated rings. The number of hydrogen-bond acceptors (Lipinski definition) is 4. The highest BCUT2D eigenvalue weighted by Crippen LogP contribution is 2.39. The van der Waals surface area contributed by atoms with Gasteiger partial charge < -0.3 is 19.5 Å². The first-order chi connectivity index (χ1) is 9.47. The minimum absolute atomic E-state index is 0. The lowest BCUT2D eigenvalue weighted by atomic mass is 9.80. The summed E-state index contributed by atoms with van der Waals surface area (Å²) in [5, 5.41) is 2.87. The maximum atomic E-state index is 11.5. The van der Waals surface area contributed by atoms with Crippen LogP contribution in [-0.2, 0) is 4.74 Å². The van der Waals surface area contributed by atoms with Crippen LogP contribution in [0.3, 0.4) is 0 Å². The molecule has 1 aromatic rings. The summed E-state index contributed by atoms with van der Waals surface area (Å²) in [5.74, 6) is 1.37. The second kappa shape index (κ2) is 6.89. The molecule has 21 heavy (non-hydrogen) atoms. The number of benzene rings is 1. The molecule has 1 saturated heterocycles. The van der Waals surface area contributed by atoms with Crippen LogP contribution in [0.1, 0.15) is 32.4 Å². The summed E-state index contributed by atoms with van der Waals surface area (Å²) in [5.41, 5.74) is 0.794. The smallest absolute Gasteiger partial charge is 0.407 e. The molecule has 6 heteroatoms. The molecule has 1 aliphatic heterocycles. The average Bonchev–Trinajstić information content (AvgIpc) is 2.42. The van der Waals surface area contributed by atoms with Crippen LogP contribution in [-0.4, -0.2) is 26.4 Å². The number of ether oxygens (including phenoxy) is 3. The molecule has 1 amide bonds. The van der Waals surface area contributed by atoms with Gasteiger partial charge in [-0.3, -0.25) is 0 Å². The molecule has 0 spiro atoms. The lowest BCUT2D eigenvalue weighted by molar-refractivity contribution is 0.0386. The van der Waals surface area contributed by atoms with Crippen molar-refractivity contribution in [3.8, 4) is 11.5 Å². The van der Waals surface area contributed by atoms with E-state index in [9.17, 15) is 4.79 Å². The maximum absolute atomic E-state index is 11.5. The Morgan fingerprint density at radius 1 is 1.38 bits per heavy atom. The molecule has 0 saturated carbocycles. The van der Waals surface area contributed by atoms with Gasteiger partial charge in [0.25, 0.3) is 0 Å². The summed E-state index contributed by atoms with van der Waals surface area (Å²) >= 11 is 0. The van der Waals surface area contributed by atoms with Crippen molar-refractivity contribution in [1.29, 1.82) is 0 Å². The molecule has 0 bridgehead atoms. The second-order valence-electron chi connectivity index (χ2n) is 5.49. The minimum Gasteiger partial charge on any atom is -0.493 e. The minimum atomic E-state index is -0.386. The van der Waals surface area contributed by atoms with E-state index in [1.165, 1.54) is 0 Å². The summed E-state index contributed by atoms with van der Waals surface area (Å²) in [6, 6.07) is 5.60. The molecule has 118 valence electrons. The second-order valence-corrected chi connectivity index (χ2v) is 5.49. The molecule has 1 atom stereocenters. The summed E-state index contributed by atoms with van der Waals surface area (Å²) in [7, 11) is 1.61. The van der Waals surface area contributed by atoms with Crippen LogP contribution in [0.15, 0.2) is 18.2 Å². The number of amides is 1. The van der Waals surface area contributed by atoms with Crippen molar-refractivity contribution in [1.82, 2.24) is 5.32 Å². The van der Waals surface area contributed by atoms with Crippen LogP contribution in [0.4, 0.5) is 4.79 Å². The topological polar surface area (TPSA) is 56.8 Å². The predicted octanol–water partition coefficient (Wildman–Crippen LogP) is 3.32. The van der Waals surface area contributed by atoms with E-state index in [0.717, 1.165) is 5.56 Å². The Balaban J connectivity index is 0.00000220. The largest absolute Gasteiger partial charge is 0.493 e. The zero-order valence-corrected chi connectivity index (χ0v) is 13.6. The highest BCUT2D eigenvalue weighted by molar-refractivity contribution is 5.85. The van der Waals surface area contributed by atoms with Gasteiger partial charge in [0.15, 0.2) is 11.5 Å². The van der Waals surface area contributed by atoms with E-state index in [2.05, 4.69) is 19.2 Å². The molecule has 1 heterocycles. The lowest BCUT2D eigenvalue weighted by Gasteiger charge is -2.38. The number of alkyl carbamates (subject to hydrolysis) is 1. The quantitative estimate of drug-likeness (QED) is 0.926. The van der Waals surface area contributed by atoms with Crippen LogP contribution in [0.2, 0.25) is 0 Å². The first-order valence-electron chi connectivity index (χ1n) is 6.72. The fraction of sp³-hybridized carbons (Fsp3) is 0.533. The van der Waals surface area contributed by atoms with Gasteiger partial charge in [0.05, 0.1) is 19.8 Å². The fourth-order valence-electron chi connectivity index (χ4n) is 2.37. The van der Waals surface area contributed by atoms with Crippen molar-refractivity contribution in [3.05, 3.63) is 23.8 Å². The highest BCUT2D eigenvalue weighted by atomic mass is 35.5. The molecule has 0 aliphatic carbocycles. The average molecular weight is 316 g/mol. The van der Waals surface area contributed by atoms with E-state index in [-0.39, 0.29) is 30.0 Å². The third-order valence-electron chi connectivity index (χ3n) is 3.44. The third kappa shape index (κ3) is 3.73. The predicted molar refractivity (Wildman–Crippen MR) is 82.4 cm³/mol. The van der Waals surface area contributed by atoms with Gasteiger partial charge in [-0.1, -0.05) is 19.9 Å². The first-order valence-corrected chi connectivity index (χ1v) is 6.72. The van der Waals surface area contributed by atoms with E-state index in [1.807, 2.05) is 25.1 Å². The summed E-state index contributed by atoms with van der Waals surface area (Å²) in [6.07, 6.45) is -0.386. The van der Waals surface area contributed by atoms with Crippen LogP contribution in [0.25, 0.3) is 0 Å². The molecular weight excluding hydrogens is 294 g/mol. The van der Waals surface area contributed by atoms with E-state index in [4.69, 9.17) is 14.2 Å². The molecule has 1 aromatic carbocycles. The van der Waals surface area contributed by atoms with Gasteiger partial charge in [-0.15, -0.1) is 12.4 Å². The van der Waals surface area contributed by atoms with Crippen LogP contribution in [0.5, 0.6) is 11.5 Å². The number of methoxy groups -OCH3 is 1. The first kappa shape index (κ1) is 17.4. The Hall–Kier alpha value is -1.62. The zero-order chi connectivity index (χ0) is 14.8. The van der Waals surface area contributed by atoms with Crippen molar-refractivity contribution >= 4 is 18.5 Å². The highest BCUT2D eigenvalue weighted by Gasteiger charge is 2.38. The Kier molecular flexibility index (Phi) is 5.72. The van der Waals surface area contributed by atoms with Gasteiger partial charge in [-0.25, -0.2) is 4.79 Å². The number of carbonyl (C=O) groups excluding carboxylic acids is 1. The van der Waals surface area contributed by atoms with Crippen LogP contribution in [0, 0.1) is 5.41 Å². The fourth-order valence-corrected chi connectivity index (χ4v) is 2.37. The molecule has 2 rings (SSSR count). The van der Waals surface area contributed by atoms with Gasteiger partial charge in [-0.05, 0) is 24.6 Å². The molecule has 0 aromatic heterocycles. The monoisotopic (exact) mass is 315 g/mol. The SMILES string of the molecule is CCOc1cc([C@@H]2NC(=O)OCC2(C)C)ccc1OC.Cl. The number of cyclic esters (lactones) is 1. The summed E-state index contributed by atoms with van der Waals surface area (Å²) < 4.78 is 15.9. The Bertz CT molecular complexity index is 504. The summed E-state index contributed by atoms with van der Waals surface area (Å²) in [4.78, 5) is 11.5. The van der Waals surface area contributed by atoms with Crippen molar-refractivity contribution in [2.45, 2.75) is 26.8 Å². The van der Waals surface area contributed by atoms with Crippen molar-refractivity contribution in [2.75, 3.05) is 20.3 Å². The van der Waals surface area contributed by atoms with Crippen LogP contribution < -0.4 is 14.8 Å².